The van der Waals surface area contributed by atoms with Crippen molar-refractivity contribution in [1.29, 1.82) is 0 Å². The van der Waals surface area contributed by atoms with E-state index in [9.17, 15) is 10.2 Å². The summed E-state index contributed by atoms with van der Waals surface area (Å²) >= 11 is 0. The van der Waals surface area contributed by atoms with Crippen LogP contribution < -0.4 is 0 Å². The van der Waals surface area contributed by atoms with Gasteiger partial charge >= 0.3 is 0 Å². The molecular weight excluding hydrogens is 286 g/mol. The average molecular weight is 319 g/mol. The van der Waals surface area contributed by atoms with Crippen LogP contribution in [0.5, 0.6) is 11.5 Å². The van der Waals surface area contributed by atoms with Gasteiger partial charge in [-0.15, -0.1) is 0 Å². The second kappa shape index (κ2) is 6.72. The maximum absolute atomic E-state index is 10.3. The lowest BCUT2D eigenvalue weighted by Crippen LogP contribution is -2.29. The molecule has 0 saturated carbocycles. The molecule has 0 aromatic heterocycles. The number of phenols is 2. The molecule has 0 radical (unpaired) electrons. The van der Waals surface area contributed by atoms with Crippen LogP contribution in [0.15, 0.2) is 12.1 Å². The number of hydrogen-bond donors (Lipinski definition) is 2. The standard InChI is InChI=1S/C20H33NO2/c1-19(2,3)14-20(4,5)16-11-15(18(23)17(22)12-16)13-21-9-7-6-8-10-21/h11-12,22-23H,6-10,13-14H2,1-5H3. The van der Waals surface area contributed by atoms with Crippen LogP contribution in [0, 0.1) is 5.41 Å². The summed E-state index contributed by atoms with van der Waals surface area (Å²) in [5.41, 5.74) is 2.13. The highest BCUT2D eigenvalue weighted by molar-refractivity contribution is 5.49. The lowest BCUT2D eigenvalue weighted by molar-refractivity contribution is 0.217. The molecule has 2 rings (SSSR count). The van der Waals surface area contributed by atoms with Gasteiger partial charge in [0.2, 0.25) is 0 Å². The zero-order valence-corrected chi connectivity index (χ0v) is 15.4. The van der Waals surface area contributed by atoms with E-state index in [4.69, 9.17) is 0 Å². The van der Waals surface area contributed by atoms with Gasteiger partial charge in [0.05, 0.1) is 0 Å². The van der Waals surface area contributed by atoms with E-state index in [1.807, 2.05) is 0 Å². The molecule has 1 aliphatic rings. The van der Waals surface area contributed by atoms with Crippen LogP contribution in [0.2, 0.25) is 0 Å². The Hall–Kier alpha value is -1.22. The molecule has 1 fully saturated rings. The Morgan fingerprint density at radius 1 is 0.957 bits per heavy atom. The van der Waals surface area contributed by atoms with E-state index in [2.05, 4.69) is 45.6 Å². The first kappa shape index (κ1) is 18.1. The van der Waals surface area contributed by atoms with Crippen molar-refractivity contribution in [3.8, 4) is 11.5 Å². The Morgan fingerprint density at radius 3 is 2.13 bits per heavy atom. The van der Waals surface area contributed by atoms with E-state index in [1.54, 1.807) is 6.07 Å². The maximum Gasteiger partial charge on any atom is 0.162 e. The number of phenolic OH excluding ortho intramolecular Hbond substituents is 2. The minimum atomic E-state index is -0.0416. The molecule has 0 unspecified atom stereocenters. The molecule has 1 heterocycles. The fourth-order valence-corrected chi connectivity index (χ4v) is 3.98. The Kier molecular flexibility index (Phi) is 5.30. The van der Waals surface area contributed by atoms with E-state index in [0.717, 1.165) is 37.2 Å². The minimum absolute atomic E-state index is 0.0106. The summed E-state index contributed by atoms with van der Waals surface area (Å²) < 4.78 is 0. The monoisotopic (exact) mass is 319 g/mol. The normalized spacial score (nSPS) is 17.4. The van der Waals surface area contributed by atoms with Gasteiger partial charge in [-0.2, -0.15) is 0 Å². The number of likely N-dealkylation sites (tertiary alicyclic amines) is 1. The molecule has 0 atom stereocenters. The molecule has 0 aliphatic carbocycles. The zero-order valence-electron chi connectivity index (χ0n) is 15.4. The van der Waals surface area contributed by atoms with Gasteiger partial charge in [0, 0.05) is 12.1 Å². The van der Waals surface area contributed by atoms with Crippen molar-refractivity contribution in [3.05, 3.63) is 23.3 Å². The van der Waals surface area contributed by atoms with Crippen molar-refractivity contribution in [2.75, 3.05) is 13.1 Å². The molecule has 0 spiro atoms. The zero-order chi connectivity index (χ0) is 17.3. The fourth-order valence-electron chi connectivity index (χ4n) is 3.98. The number of benzene rings is 1. The van der Waals surface area contributed by atoms with Gasteiger partial charge in [0.25, 0.3) is 0 Å². The highest BCUT2D eigenvalue weighted by Crippen LogP contribution is 2.41. The quantitative estimate of drug-likeness (QED) is 0.784. The van der Waals surface area contributed by atoms with Gasteiger partial charge < -0.3 is 10.2 Å². The van der Waals surface area contributed by atoms with E-state index < -0.39 is 0 Å². The lowest BCUT2D eigenvalue weighted by atomic mass is 9.72. The molecule has 2 N–H and O–H groups in total. The van der Waals surface area contributed by atoms with E-state index in [1.165, 1.54) is 19.3 Å². The highest BCUT2D eigenvalue weighted by Gasteiger charge is 2.29. The van der Waals surface area contributed by atoms with Crippen LogP contribution in [0.3, 0.4) is 0 Å². The van der Waals surface area contributed by atoms with Crippen LogP contribution in [0.4, 0.5) is 0 Å². The van der Waals surface area contributed by atoms with Crippen molar-refractivity contribution < 1.29 is 10.2 Å². The summed E-state index contributed by atoms with van der Waals surface area (Å²) in [7, 11) is 0. The van der Waals surface area contributed by atoms with Crippen molar-refractivity contribution >= 4 is 0 Å². The third-order valence-electron chi connectivity index (χ3n) is 4.77. The van der Waals surface area contributed by atoms with Gasteiger partial charge in [-0.3, -0.25) is 4.90 Å². The second-order valence-electron chi connectivity index (χ2n) is 8.96. The molecule has 1 aromatic carbocycles. The van der Waals surface area contributed by atoms with Crippen LogP contribution >= 0.6 is 0 Å². The van der Waals surface area contributed by atoms with E-state index in [-0.39, 0.29) is 22.3 Å². The molecule has 3 nitrogen and oxygen atoms in total. The fraction of sp³-hybridized carbons (Fsp3) is 0.700. The number of piperidine rings is 1. The van der Waals surface area contributed by atoms with Gasteiger partial charge in [-0.05, 0) is 60.9 Å². The first-order valence-electron chi connectivity index (χ1n) is 8.86. The molecule has 0 amide bonds. The third kappa shape index (κ3) is 4.87. The minimum Gasteiger partial charge on any atom is -0.504 e. The molecule has 1 aromatic rings. The summed E-state index contributed by atoms with van der Waals surface area (Å²) in [4.78, 5) is 2.37. The lowest BCUT2D eigenvalue weighted by Gasteiger charge is -2.34. The summed E-state index contributed by atoms with van der Waals surface area (Å²) in [5, 5.41) is 20.5. The van der Waals surface area contributed by atoms with E-state index in [0.29, 0.717) is 0 Å². The molecule has 3 heteroatoms. The van der Waals surface area contributed by atoms with Gasteiger partial charge in [0.1, 0.15) is 0 Å². The predicted octanol–water partition coefficient (Wildman–Crippen LogP) is 4.80. The van der Waals surface area contributed by atoms with Crippen LogP contribution in [-0.2, 0) is 12.0 Å². The first-order valence-corrected chi connectivity index (χ1v) is 8.86. The second-order valence-corrected chi connectivity index (χ2v) is 8.96. The number of nitrogens with zero attached hydrogens (tertiary/aromatic N) is 1. The van der Waals surface area contributed by atoms with Crippen molar-refractivity contribution in [3.63, 3.8) is 0 Å². The summed E-state index contributed by atoms with van der Waals surface area (Å²) in [6, 6.07) is 3.83. The summed E-state index contributed by atoms with van der Waals surface area (Å²) in [6.45, 7) is 14.0. The number of aromatic hydroxyl groups is 2. The Labute approximate surface area is 141 Å². The molecule has 0 bridgehead atoms. The Balaban J connectivity index is 2.27. The van der Waals surface area contributed by atoms with Gasteiger partial charge in [-0.1, -0.05) is 41.0 Å². The largest absolute Gasteiger partial charge is 0.504 e. The van der Waals surface area contributed by atoms with Crippen LogP contribution in [-0.4, -0.2) is 28.2 Å². The molecule has 1 saturated heterocycles. The predicted molar refractivity (Wildman–Crippen MR) is 96.0 cm³/mol. The van der Waals surface area contributed by atoms with Gasteiger partial charge in [-0.25, -0.2) is 0 Å². The molecular formula is C20H33NO2. The maximum atomic E-state index is 10.3. The van der Waals surface area contributed by atoms with Crippen molar-refractivity contribution in [2.45, 2.75) is 72.3 Å². The number of hydrogen-bond acceptors (Lipinski definition) is 3. The molecule has 1 aliphatic heterocycles. The SMILES string of the molecule is CC(C)(C)CC(C)(C)c1cc(O)c(O)c(CN2CCCCC2)c1. The van der Waals surface area contributed by atoms with Crippen LogP contribution in [0.1, 0.15) is 71.4 Å². The van der Waals surface area contributed by atoms with Gasteiger partial charge in [0.15, 0.2) is 11.5 Å². The highest BCUT2D eigenvalue weighted by atomic mass is 16.3. The number of rotatable bonds is 4. The molecule has 23 heavy (non-hydrogen) atoms. The first-order chi connectivity index (χ1) is 10.6. The van der Waals surface area contributed by atoms with Crippen molar-refractivity contribution in [1.82, 2.24) is 4.90 Å². The average Bonchev–Trinajstić information content (AvgIpc) is 2.42. The van der Waals surface area contributed by atoms with E-state index >= 15 is 0 Å². The Morgan fingerprint density at radius 2 is 1.57 bits per heavy atom. The summed E-state index contributed by atoms with van der Waals surface area (Å²) in [5.74, 6) is 0.0578. The molecule has 130 valence electrons. The Bertz CT molecular complexity index is 537. The van der Waals surface area contributed by atoms with Crippen molar-refractivity contribution in [2.24, 2.45) is 5.41 Å². The third-order valence-corrected chi connectivity index (χ3v) is 4.77. The van der Waals surface area contributed by atoms with Crippen LogP contribution in [0.25, 0.3) is 0 Å². The summed E-state index contributed by atoms with van der Waals surface area (Å²) in [6.07, 6.45) is 4.77. The smallest absolute Gasteiger partial charge is 0.162 e. The topological polar surface area (TPSA) is 43.7 Å².